The normalized spacial score (nSPS) is 17.5. The maximum atomic E-state index is 12.8. The van der Waals surface area contributed by atoms with Crippen molar-refractivity contribution in [1.29, 1.82) is 0 Å². The smallest absolute Gasteiger partial charge is 0.289 e. The molecule has 0 saturated carbocycles. The Bertz CT molecular complexity index is 667. The predicted molar refractivity (Wildman–Crippen MR) is 80.6 cm³/mol. The second kappa shape index (κ2) is 6.83. The van der Waals surface area contributed by atoms with Crippen LogP contribution in [0.2, 0.25) is 0 Å². The maximum Gasteiger partial charge on any atom is 0.289 e. The van der Waals surface area contributed by atoms with Crippen molar-refractivity contribution in [2.24, 2.45) is 0 Å². The summed E-state index contributed by atoms with van der Waals surface area (Å²) in [5.74, 6) is 0.734. The highest BCUT2D eigenvalue weighted by molar-refractivity contribution is 5.92. The van der Waals surface area contributed by atoms with Gasteiger partial charge in [0.2, 0.25) is 0 Å². The molecule has 0 bridgehead atoms. The Labute approximate surface area is 133 Å². The highest BCUT2D eigenvalue weighted by Crippen LogP contribution is 2.21. The van der Waals surface area contributed by atoms with Gasteiger partial charge in [0, 0.05) is 6.54 Å². The van der Waals surface area contributed by atoms with Crippen LogP contribution >= 0.6 is 0 Å². The number of hydrogen-bond acceptors (Lipinski definition) is 4. The van der Waals surface area contributed by atoms with Gasteiger partial charge in [0.25, 0.3) is 5.91 Å². The Morgan fingerprint density at radius 1 is 1.30 bits per heavy atom. The number of furan rings is 1. The molecule has 0 aliphatic carbocycles. The van der Waals surface area contributed by atoms with E-state index in [1.807, 2.05) is 0 Å². The van der Waals surface area contributed by atoms with Gasteiger partial charge in [-0.15, -0.1) is 0 Å². The largest absolute Gasteiger partial charge is 0.486 e. The number of amides is 1. The zero-order valence-electron chi connectivity index (χ0n) is 12.6. The summed E-state index contributed by atoms with van der Waals surface area (Å²) in [6.45, 7) is 0.751. The summed E-state index contributed by atoms with van der Waals surface area (Å²) in [4.78, 5) is 14.0. The lowest BCUT2D eigenvalue weighted by Crippen LogP contribution is -2.37. The number of rotatable bonds is 5. The number of carbonyl (C=O) groups excluding carboxylic acids is 1. The van der Waals surface area contributed by atoms with Crippen molar-refractivity contribution in [3.05, 3.63) is 53.7 Å². The third-order valence-corrected chi connectivity index (χ3v) is 3.92. The molecular weight excluding hydrogens is 301 g/mol. The molecule has 122 valence electrons. The lowest BCUT2D eigenvalue weighted by atomic mass is 10.2. The molecule has 1 aromatic heterocycles. The molecule has 5 nitrogen and oxygen atoms in total. The molecule has 1 amide bonds. The van der Waals surface area contributed by atoms with Crippen LogP contribution in [0.25, 0.3) is 0 Å². The van der Waals surface area contributed by atoms with Gasteiger partial charge in [-0.2, -0.15) is 0 Å². The molecule has 0 radical (unpaired) electrons. The SMILES string of the molecule is O=C(c1ccc(COc2ccc(F)cc2)o1)N1CCC[C@@H]1CO. The van der Waals surface area contributed by atoms with Crippen molar-refractivity contribution in [1.82, 2.24) is 4.90 Å². The average Bonchev–Trinajstić information content (AvgIpc) is 3.23. The highest BCUT2D eigenvalue weighted by Gasteiger charge is 2.30. The Balaban J connectivity index is 1.61. The van der Waals surface area contributed by atoms with Crippen molar-refractivity contribution in [3.8, 4) is 5.75 Å². The van der Waals surface area contributed by atoms with Gasteiger partial charge in [-0.3, -0.25) is 4.79 Å². The highest BCUT2D eigenvalue weighted by atomic mass is 19.1. The van der Waals surface area contributed by atoms with Gasteiger partial charge in [-0.25, -0.2) is 4.39 Å². The van der Waals surface area contributed by atoms with Gasteiger partial charge in [0.1, 0.15) is 23.9 Å². The van der Waals surface area contributed by atoms with Crippen molar-refractivity contribution in [2.75, 3.05) is 13.2 Å². The maximum absolute atomic E-state index is 12.8. The van der Waals surface area contributed by atoms with Gasteiger partial charge < -0.3 is 19.2 Å². The molecule has 2 heterocycles. The molecule has 1 aliphatic heterocycles. The predicted octanol–water partition coefficient (Wildman–Crippen LogP) is 2.59. The Morgan fingerprint density at radius 2 is 2.09 bits per heavy atom. The molecule has 0 unspecified atom stereocenters. The average molecular weight is 319 g/mol. The quantitative estimate of drug-likeness (QED) is 0.920. The number of halogens is 1. The van der Waals surface area contributed by atoms with Crippen molar-refractivity contribution in [2.45, 2.75) is 25.5 Å². The van der Waals surface area contributed by atoms with E-state index < -0.39 is 0 Å². The molecular formula is C17H18FNO4. The third kappa shape index (κ3) is 3.53. The first kappa shape index (κ1) is 15.6. The molecule has 1 saturated heterocycles. The molecule has 2 aromatic rings. The molecule has 1 aliphatic rings. The molecule has 3 rings (SSSR count). The fraction of sp³-hybridized carbons (Fsp3) is 0.353. The standard InChI is InChI=1S/C17H18FNO4/c18-12-3-5-14(6-4-12)22-11-15-7-8-16(23-15)17(21)19-9-1-2-13(19)10-20/h3-8,13,20H,1-2,9-11H2/t13-/m1/s1. The molecule has 1 aromatic carbocycles. The Hall–Kier alpha value is -2.34. The number of aliphatic hydroxyl groups is 1. The van der Waals surface area contributed by atoms with Gasteiger partial charge >= 0.3 is 0 Å². The van der Waals surface area contributed by atoms with Crippen molar-refractivity contribution >= 4 is 5.91 Å². The molecule has 0 spiro atoms. The molecule has 1 fully saturated rings. The number of carbonyl (C=O) groups is 1. The number of aliphatic hydroxyl groups excluding tert-OH is 1. The van der Waals surface area contributed by atoms with E-state index in [1.54, 1.807) is 17.0 Å². The molecule has 1 atom stereocenters. The fourth-order valence-corrected chi connectivity index (χ4v) is 2.69. The van der Waals surface area contributed by atoms with E-state index in [-0.39, 0.29) is 36.7 Å². The van der Waals surface area contributed by atoms with Crippen molar-refractivity contribution in [3.63, 3.8) is 0 Å². The topological polar surface area (TPSA) is 62.9 Å². The molecule has 23 heavy (non-hydrogen) atoms. The van der Waals surface area contributed by atoms with E-state index in [0.29, 0.717) is 18.1 Å². The van der Waals surface area contributed by atoms with Gasteiger partial charge in [-0.05, 0) is 49.2 Å². The zero-order valence-corrected chi connectivity index (χ0v) is 12.6. The first-order valence-corrected chi connectivity index (χ1v) is 7.56. The van der Waals surface area contributed by atoms with Gasteiger partial charge in [-0.1, -0.05) is 0 Å². The lowest BCUT2D eigenvalue weighted by Gasteiger charge is -2.21. The van der Waals surface area contributed by atoms with E-state index in [1.165, 1.54) is 24.3 Å². The molecule has 1 N–H and O–H groups in total. The van der Waals surface area contributed by atoms with Gasteiger partial charge in [0.05, 0.1) is 12.6 Å². The van der Waals surface area contributed by atoms with Crippen LogP contribution in [0.3, 0.4) is 0 Å². The second-order valence-corrected chi connectivity index (χ2v) is 5.49. The summed E-state index contributed by atoms with van der Waals surface area (Å²) in [5.41, 5.74) is 0. The Kier molecular flexibility index (Phi) is 4.62. The number of ether oxygens (including phenoxy) is 1. The van der Waals surface area contributed by atoms with Crippen LogP contribution in [0, 0.1) is 5.82 Å². The van der Waals surface area contributed by atoms with Crippen LogP contribution in [0.4, 0.5) is 4.39 Å². The van der Waals surface area contributed by atoms with Crippen LogP contribution in [0.5, 0.6) is 5.75 Å². The summed E-state index contributed by atoms with van der Waals surface area (Å²) < 4.78 is 23.8. The van der Waals surface area contributed by atoms with E-state index in [0.717, 1.165) is 12.8 Å². The summed E-state index contributed by atoms with van der Waals surface area (Å²) in [5, 5.41) is 9.30. The van der Waals surface area contributed by atoms with E-state index >= 15 is 0 Å². The van der Waals surface area contributed by atoms with Crippen LogP contribution in [-0.4, -0.2) is 35.1 Å². The van der Waals surface area contributed by atoms with Crippen molar-refractivity contribution < 1.29 is 23.4 Å². The Morgan fingerprint density at radius 3 is 2.83 bits per heavy atom. The van der Waals surface area contributed by atoms with Crippen LogP contribution in [0.1, 0.15) is 29.2 Å². The van der Waals surface area contributed by atoms with E-state index in [2.05, 4.69) is 0 Å². The number of benzene rings is 1. The zero-order chi connectivity index (χ0) is 16.2. The lowest BCUT2D eigenvalue weighted by molar-refractivity contribution is 0.0642. The first-order chi connectivity index (χ1) is 11.2. The second-order valence-electron chi connectivity index (χ2n) is 5.49. The minimum absolute atomic E-state index is 0.0347. The number of likely N-dealkylation sites (tertiary alicyclic amines) is 1. The number of nitrogens with zero attached hydrogens (tertiary/aromatic N) is 1. The van der Waals surface area contributed by atoms with E-state index in [9.17, 15) is 14.3 Å². The van der Waals surface area contributed by atoms with E-state index in [4.69, 9.17) is 9.15 Å². The monoisotopic (exact) mass is 319 g/mol. The first-order valence-electron chi connectivity index (χ1n) is 7.56. The third-order valence-electron chi connectivity index (χ3n) is 3.92. The minimum atomic E-state index is -0.327. The van der Waals surface area contributed by atoms with Crippen LogP contribution in [0.15, 0.2) is 40.8 Å². The number of hydrogen-bond donors (Lipinski definition) is 1. The summed E-state index contributed by atoms with van der Waals surface area (Å²) >= 11 is 0. The molecule has 6 heteroatoms. The minimum Gasteiger partial charge on any atom is -0.486 e. The summed E-state index contributed by atoms with van der Waals surface area (Å²) in [6, 6.07) is 8.84. The van der Waals surface area contributed by atoms with Gasteiger partial charge in [0.15, 0.2) is 5.76 Å². The van der Waals surface area contributed by atoms with Crippen LogP contribution in [-0.2, 0) is 6.61 Å². The summed E-state index contributed by atoms with van der Waals surface area (Å²) in [7, 11) is 0. The van der Waals surface area contributed by atoms with Crippen LogP contribution < -0.4 is 4.74 Å². The summed E-state index contributed by atoms with van der Waals surface area (Å²) in [6.07, 6.45) is 1.70. The fourth-order valence-electron chi connectivity index (χ4n) is 2.69.